The Labute approximate surface area is 138 Å². The van der Waals surface area contributed by atoms with Crippen LogP contribution >= 0.6 is 11.6 Å². The number of aromatic hydroxyl groups is 1. The molecular weight excluding hydrogens is 318 g/mol. The van der Waals surface area contributed by atoms with E-state index in [1.165, 1.54) is 19.1 Å². The Morgan fingerprint density at radius 3 is 2.48 bits per heavy atom. The van der Waals surface area contributed by atoms with Crippen molar-refractivity contribution >= 4 is 29.2 Å². The van der Waals surface area contributed by atoms with Crippen molar-refractivity contribution in [3.8, 4) is 5.75 Å². The fourth-order valence-electron chi connectivity index (χ4n) is 1.87. The molecule has 0 saturated heterocycles. The highest BCUT2D eigenvalue weighted by molar-refractivity contribution is 6.30. The van der Waals surface area contributed by atoms with Crippen LogP contribution in [0.4, 0.5) is 5.69 Å². The number of esters is 1. The fraction of sp³-hybridized carbons (Fsp3) is 0.176. The third-order valence-corrected chi connectivity index (χ3v) is 3.39. The van der Waals surface area contributed by atoms with Crippen molar-refractivity contribution in [3.63, 3.8) is 0 Å². The van der Waals surface area contributed by atoms with Crippen LogP contribution in [0.25, 0.3) is 0 Å². The average molecular weight is 334 g/mol. The molecular formula is C17H16ClNO4. The van der Waals surface area contributed by atoms with Gasteiger partial charge >= 0.3 is 5.97 Å². The van der Waals surface area contributed by atoms with Crippen LogP contribution in [0, 0.1) is 6.92 Å². The highest BCUT2D eigenvalue weighted by atomic mass is 35.5. The van der Waals surface area contributed by atoms with Crippen molar-refractivity contribution in [1.82, 2.24) is 0 Å². The molecule has 2 rings (SSSR count). The van der Waals surface area contributed by atoms with Crippen LogP contribution < -0.4 is 5.32 Å². The van der Waals surface area contributed by atoms with Crippen LogP contribution in [0.2, 0.25) is 5.02 Å². The first-order valence-electron chi connectivity index (χ1n) is 6.94. The van der Waals surface area contributed by atoms with E-state index >= 15 is 0 Å². The molecule has 0 aliphatic carbocycles. The molecule has 1 atom stereocenters. The molecule has 23 heavy (non-hydrogen) atoms. The number of nitrogens with one attached hydrogen (secondary N) is 1. The van der Waals surface area contributed by atoms with Crippen molar-refractivity contribution in [2.45, 2.75) is 20.0 Å². The Kier molecular flexibility index (Phi) is 5.24. The summed E-state index contributed by atoms with van der Waals surface area (Å²) in [6.07, 6.45) is -1.02. The van der Waals surface area contributed by atoms with Crippen LogP contribution in [-0.4, -0.2) is 23.1 Å². The van der Waals surface area contributed by atoms with E-state index in [4.69, 9.17) is 16.3 Å². The van der Waals surface area contributed by atoms with Gasteiger partial charge in [-0.25, -0.2) is 4.79 Å². The lowest BCUT2D eigenvalue weighted by Gasteiger charge is -2.14. The molecule has 5 nitrogen and oxygen atoms in total. The van der Waals surface area contributed by atoms with E-state index in [9.17, 15) is 14.7 Å². The topological polar surface area (TPSA) is 75.6 Å². The van der Waals surface area contributed by atoms with Crippen LogP contribution in [0.3, 0.4) is 0 Å². The maximum Gasteiger partial charge on any atom is 0.342 e. The van der Waals surface area contributed by atoms with Crippen molar-refractivity contribution in [1.29, 1.82) is 0 Å². The number of carbonyl (C=O) groups is 2. The standard InChI is InChI=1S/C17H16ClNO4/c1-10-3-8-15(20)14(9-10)17(22)23-11(2)16(21)19-13-6-4-12(18)5-7-13/h3-9,11,20H,1-2H3,(H,19,21)/t11-/m1/s1. The van der Waals surface area contributed by atoms with Gasteiger partial charge in [0.25, 0.3) is 5.91 Å². The average Bonchev–Trinajstić information content (AvgIpc) is 2.51. The monoisotopic (exact) mass is 333 g/mol. The van der Waals surface area contributed by atoms with E-state index in [0.717, 1.165) is 5.56 Å². The predicted molar refractivity (Wildman–Crippen MR) is 87.8 cm³/mol. The van der Waals surface area contributed by atoms with Gasteiger partial charge in [0.1, 0.15) is 11.3 Å². The highest BCUT2D eigenvalue weighted by Gasteiger charge is 2.21. The van der Waals surface area contributed by atoms with E-state index in [0.29, 0.717) is 10.7 Å². The number of carbonyl (C=O) groups excluding carboxylic acids is 2. The number of anilines is 1. The number of rotatable bonds is 4. The van der Waals surface area contributed by atoms with E-state index < -0.39 is 18.0 Å². The summed E-state index contributed by atoms with van der Waals surface area (Å²) in [5.41, 5.74) is 1.37. The quantitative estimate of drug-likeness (QED) is 0.839. The molecule has 0 saturated carbocycles. The second-order valence-corrected chi connectivity index (χ2v) is 5.50. The van der Waals surface area contributed by atoms with Gasteiger partial charge < -0.3 is 15.2 Å². The number of hydrogen-bond donors (Lipinski definition) is 2. The molecule has 0 heterocycles. The summed E-state index contributed by atoms with van der Waals surface area (Å²) in [5.74, 6) is -1.43. The van der Waals surface area contributed by atoms with Crippen molar-refractivity contribution < 1.29 is 19.4 Å². The molecule has 2 N–H and O–H groups in total. The molecule has 2 aromatic carbocycles. The lowest BCUT2D eigenvalue weighted by atomic mass is 10.1. The molecule has 0 aliphatic heterocycles. The van der Waals surface area contributed by atoms with Gasteiger partial charge in [-0.05, 0) is 50.2 Å². The van der Waals surface area contributed by atoms with Crippen LogP contribution in [0.1, 0.15) is 22.8 Å². The third-order valence-electron chi connectivity index (χ3n) is 3.14. The number of phenolic OH excluding ortho intramolecular Hbond substituents is 1. The molecule has 0 unspecified atom stereocenters. The smallest absolute Gasteiger partial charge is 0.342 e. The van der Waals surface area contributed by atoms with Crippen molar-refractivity contribution in [3.05, 3.63) is 58.6 Å². The Balaban J connectivity index is 2.01. The Bertz CT molecular complexity index is 728. The fourth-order valence-corrected chi connectivity index (χ4v) is 1.99. The largest absolute Gasteiger partial charge is 0.507 e. The molecule has 2 aromatic rings. The minimum Gasteiger partial charge on any atom is -0.507 e. The van der Waals surface area contributed by atoms with Gasteiger partial charge in [-0.2, -0.15) is 0 Å². The number of amides is 1. The number of ether oxygens (including phenoxy) is 1. The number of halogens is 1. The second-order valence-electron chi connectivity index (χ2n) is 5.06. The molecule has 0 fully saturated rings. The summed E-state index contributed by atoms with van der Waals surface area (Å²) >= 11 is 5.77. The van der Waals surface area contributed by atoms with E-state index in [1.807, 2.05) is 0 Å². The zero-order valence-electron chi connectivity index (χ0n) is 12.7. The minimum absolute atomic E-state index is 0.0242. The van der Waals surface area contributed by atoms with Gasteiger partial charge in [-0.3, -0.25) is 4.79 Å². The first kappa shape index (κ1) is 16.8. The van der Waals surface area contributed by atoms with E-state index in [1.54, 1.807) is 37.3 Å². The van der Waals surface area contributed by atoms with Gasteiger partial charge in [0, 0.05) is 10.7 Å². The first-order valence-corrected chi connectivity index (χ1v) is 7.31. The van der Waals surface area contributed by atoms with Gasteiger partial charge in [-0.1, -0.05) is 23.2 Å². The molecule has 120 valence electrons. The maximum atomic E-state index is 12.1. The summed E-state index contributed by atoms with van der Waals surface area (Å²) in [5, 5.41) is 12.9. The van der Waals surface area contributed by atoms with Gasteiger partial charge in [0.15, 0.2) is 6.10 Å². The van der Waals surface area contributed by atoms with Crippen molar-refractivity contribution in [2.24, 2.45) is 0 Å². The highest BCUT2D eigenvalue weighted by Crippen LogP contribution is 2.20. The summed E-state index contributed by atoms with van der Waals surface area (Å²) in [4.78, 5) is 24.1. The first-order chi connectivity index (χ1) is 10.9. The summed E-state index contributed by atoms with van der Waals surface area (Å²) in [6, 6.07) is 11.1. The molecule has 0 spiro atoms. The minimum atomic E-state index is -1.02. The Hall–Kier alpha value is -2.53. The normalized spacial score (nSPS) is 11.6. The summed E-state index contributed by atoms with van der Waals surface area (Å²) in [6.45, 7) is 3.24. The zero-order chi connectivity index (χ0) is 17.0. The summed E-state index contributed by atoms with van der Waals surface area (Å²) < 4.78 is 5.09. The van der Waals surface area contributed by atoms with E-state index in [-0.39, 0.29) is 11.3 Å². The third kappa shape index (κ3) is 4.47. The van der Waals surface area contributed by atoms with Crippen LogP contribution in [-0.2, 0) is 9.53 Å². The Morgan fingerprint density at radius 1 is 1.17 bits per heavy atom. The number of phenols is 1. The Morgan fingerprint density at radius 2 is 1.83 bits per heavy atom. The lowest BCUT2D eigenvalue weighted by Crippen LogP contribution is -2.30. The van der Waals surface area contributed by atoms with E-state index in [2.05, 4.69) is 5.32 Å². The molecule has 0 bridgehead atoms. The number of aryl methyl sites for hydroxylation is 1. The molecule has 1 amide bonds. The SMILES string of the molecule is Cc1ccc(O)c(C(=O)O[C@H](C)C(=O)Nc2ccc(Cl)cc2)c1. The summed E-state index contributed by atoms with van der Waals surface area (Å²) in [7, 11) is 0. The number of hydrogen-bond acceptors (Lipinski definition) is 4. The zero-order valence-corrected chi connectivity index (χ0v) is 13.4. The van der Waals surface area contributed by atoms with Crippen molar-refractivity contribution in [2.75, 3.05) is 5.32 Å². The second kappa shape index (κ2) is 7.15. The van der Waals surface area contributed by atoms with Gasteiger partial charge in [0.05, 0.1) is 0 Å². The predicted octanol–water partition coefficient (Wildman–Crippen LogP) is 3.54. The lowest BCUT2D eigenvalue weighted by molar-refractivity contribution is -0.123. The van der Waals surface area contributed by atoms with Gasteiger partial charge in [-0.15, -0.1) is 0 Å². The maximum absolute atomic E-state index is 12.1. The molecule has 0 aliphatic rings. The van der Waals surface area contributed by atoms with Crippen LogP contribution in [0.5, 0.6) is 5.75 Å². The number of benzene rings is 2. The van der Waals surface area contributed by atoms with Gasteiger partial charge in [0.2, 0.25) is 0 Å². The molecule has 0 aromatic heterocycles. The molecule has 0 radical (unpaired) electrons. The van der Waals surface area contributed by atoms with Crippen LogP contribution in [0.15, 0.2) is 42.5 Å². The molecule has 6 heteroatoms.